The first-order chi connectivity index (χ1) is 37.4. The average molecular weight is 1120 g/mol. The monoisotopic (exact) mass is 1120 g/mol. The number of allylic oxidation sites excluding steroid dienone is 1. The van der Waals surface area contributed by atoms with E-state index in [2.05, 4.69) is 26.0 Å². The first-order valence-corrected chi connectivity index (χ1v) is 28.5. The van der Waals surface area contributed by atoms with Crippen LogP contribution in [0.4, 0.5) is 0 Å². The molecule has 0 bridgehead atoms. The van der Waals surface area contributed by atoms with Crippen molar-refractivity contribution in [3.05, 3.63) is 48.0 Å². The Morgan fingerprint density at radius 1 is 0.709 bits per heavy atom. The Kier molecular flexibility index (Phi) is 18.5. The average Bonchev–Trinajstić information content (AvgIpc) is 3.33. The minimum Gasteiger partial charge on any atom is -0.463 e. The van der Waals surface area contributed by atoms with Crippen molar-refractivity contribution in [3.63, 3.8) is 0 Å². The molecule has 79 heavy (non-hydrogen) atoms. The molecule has 7 fully saturated rings. The van der Waals surface area contributed by atoms with E-state index >= 15 is 0 Å². The van der Waals surface area contributed by atoms with Crippen molar-refractivity contribution in [3.8, 4) is 0 Å². The van der Waals surface area contributed by atoms with Gasteiger partial charge in [-0.05, 0) is 95.1 Å². The molecule has 0 spiro atoms. The Balaban J connectivity index is 0.821. The number of ether oxygens (including phenoxy) is 13. The van der Waals surface area contributed by atoms with Gasteiger partial charge in [0.1, 0.15) is 67.1 Å². The number of aliphatic hydroxyl groups is 6. The molecule has 4 saturated heterocycles. The summed E-state index contributed by atoms with van der Waals surface area (Å²) in [6, 6.07) is 8.95. The standard InChI is InChI=1S/C58H88O21/c1-28(70-32(5)60)35-19-22-58(66)36-18-20-55(6)26-34(17-21-56(55,7)37(36)23-41(57(35,58)8)76-52(65)33-15-13-12-14-16-33)74-42-24-38(67-9)48(29(2)71-42)77-43-25-39(68-10)49(30(3)72-43)78-54-47(64)51(69-11)50(31(4)73-54)79-53-46(63)45(62)44(61)40(27-59)75-53/h12-16,18,20,28-31,34-51,53-54,59,61-64,66H,17,19,21-27H2,1-11H3/t28?,29-,30-,31-,34+,35-,36?,37?,38+,39+,40-,41-,42+,43+,44-,45-,46-,47-,48-,49-,50-,51+,53+,54+,55+,56-,57+,58+/m1/s1. The minimum absolute atomic E-state index is 0.0357. The van der Waals surface area contributed by atoms with Gasteiger partial charge in [-0.1, -0.05) is 51.1 Å². The van der Waals surface area contributed by atoms with Crippen molar-refractivity contribution in [1.82, 2.24) is 0 Å². The summed E-state index contributed by atoms with van der Waals surface area (Å²) < 4.78 is 80.8. The van der Waals surface area contributed by atoms with E-state index in [9.17, 15) is 40.2 Å². The van der Waals surface area contributed by atoms with Crippen LogP contribution in [0.1, 0.15) is 117 Å². The highest BCUT2D eigenvalue weighted by Gasteiger charge is 2.73. The van der Waals surface area contributed by atoms with E-state index < -0.39 is 146 Å². The number of rotatable bonds is 16. The summed E-state index contributed by atoms with van der Waals surface area (Å²) >= 11 is 0. The maximum atomic E-state index is 13.9. The third kappa shape index (κ3) is 11.1. The molecule has 21 nitrogen and oxygen atoms in total. The number of esters is 2. The molecule has 0 amide bonds. The van der Waals surface area contributed by atoms with Crippen LogP contribution in [0, 0.1) is 34.0 Å². The minimum atomic E-state index is -1.67. The molecule has 1 aromatic rings. The van der Waals surface area contributed by atoms with Gasteiger partial charge in [0.15, 0.2) is 25.2 Å². The van der Waals surface area contributed by atoms with Crippen molar-refractivity contribution < 1.29 is 102 Å². The summed E-state index contributed by atoms with van der Waals surface area (Å²) in [6.45, 7) is 14.7. The van der Waals surface area contributed by atoms with Crippen LogP contribution in [0.25, 0.3) is 0 Å². The highest BCUT2D eigenvalue weighted by molar-refractivity contribution is 5.89. The van der Waals surface area contributed by atoms with E-state index in [-0.39, 0.29) is 47.1 Å². The summed E-state index contributed by atoms with van der Waals surface area (Å²) in [4.78, 5) is 26.2. The summed E-state index contributed by atoms with van der Waals surface area (Å²) in [5.74, 6) is -1.33. The normalized spacial score (nSPS) is 49.2. The molecule has 4 aliphatic heterocycles. The van der Waals surface area contributed by atoms with Crippen LogP contribution in [0.5, 0.6) is 0 Å². The van der Waals surface area contributed by atoms with Crippen LogP contribution in [0.3, 0.4) is 0 Å². The topological polar surface area (TPSA) is 276 Å². The SMILES string of the molecule is CO[C@H]1[C@@H](O)[C@H](O[C@H]2[C@@H](OC)C[C@H](O[C@H]3[C@@H](OC)C[C@H](O[C@H]4CC[C@]5(C)C6C[C@@H](OC(=O)c7ccccc7)[C@]7(C)[C@@H](C(C)OC(C)=O)CC[C@]7(O)C6C=C[C@@]5(C)C4)O[C@@H]3C)O[C@@H]2C)O[C@H](C)[C@H]1O[C@@H]1O[C@H](CO)[C@@H](O)[C@@H](O)[C@H]1O. The van der Waals surface area contributed by atoms with Gasteiger partial charge in [-0.25, -0.2) is 4.79 Å². The summed E-state index contributed by atoms with van der Waals surface area (Å²) in [5, 5.41) is 65.7. The number of aliphatic hydroxyl groups excluding tert-OH is 5. The quantitative estimate of drug-likeness (QED) is 0.102. The van der Waals surface area contributed by atoms with Crippen molar-refractivity contribution in [2.45, 2.75) is 241 Å². The van der Waals surface area contributed by atoms with Gasteiger partial charge in [-0.15, -0.1) is 0 Å². The molecule has 4 heterocycles. The van der Waals surface area contributed by atoms with Gasteiger partial charge in [-0.2, -0.15) is 0 Å². The second kappa shape index (κ2) is 24.1. The van der Waals surface area contributed by atoms with Gasteiger partial charge in [0, 0.05) is 58.3 Å². The fourth-order valence-electron chi connectivity index (χ4n) is 15.5. The lowest BCUT2D eigenvalue weighted by molar-refractivity contribution is -0.373. The van der Waals surface area contributed by atoms with E-state index in [0.717, 1.165) is 12.8 Å². The third-order valence-electron chi connectivity index (χ3n) is 20.2. The molecule has 9 rings (SSSR count). The first kappa shape index (κ1) is 60.8. The van der Waals surface area contributed by atoms with E-state index in [0.29, 0.717) is 37.7 Å². The fourth-order valence-corrected chi connectivity index (χ4v) is 15.5. The lowest BCUT2D eigenvalue weighted by atomic mass is 9.41. The number of carbonyl (C=O) groups is 2. The van der Waals surface area contributed by atoms with Crippen LogP contribution in [0.2, 0.25) is 0 Å². The van der Waals surface area contributed by atoms with E-state index in [4.69, 9.17) is 61.6 Å². The van der Waals surface area contributed by atoms with Gasteiger partial charge in [0.2, 0.25) is 0 Å². The second-order valence-electron chi connectivity index (χ2n) is 24.5. The molecule has 8 aliphatic rings. The Morgan fingerprint density at radius 2 is 1.32 bits per heavy atom. The van der Waals surface area contributed by atoms with Gasteiger partial charge in [-0.3, -0.25) is 4.79 Å². The molecule has 6 N–H and O–H groups in total. The number of methoxy groups -OCH3 is 3. The lowest BCUT2D eigenvalue weighted by Crippen LogP contribution is -2.68. The maximum absolute atomic E-state index is 13.9. The van der Waals surface area contributed by atoms with Gasteiger partial charge >= 0.3 is 11.9 Å². The van der Waals surface area contributed by atoms with Gasteiger partial charge in [0.25, 0.3) is 0 Å². The zero-order valence-electron chi connectivity index (χ0n) is 47.6. The second-order valence-corrected chi connectivity index (χ2v) is 24.5. The van der Waals surface area contributed by atoms with Gasteiger partial charge in [0.05, 0.1) is 54.4 Å². The zero-order chi connectivity index (χ0) is 57.1. The first-order valence-electron chi connectivity index (χ1n) is 28.5. The Bertz CT molecular complexity index is 2260. The largest absolute Gasteiger partial charge is 0.463 e. The molecule has 0 radical (unpaired) electrons. The smallest absolute Gasteiger partial charge is 0.338 e. The molecular formula is C58H88O21. The number of fused-ring (bicyclic) bond motifs is 5. The summed E-state index contributed by atoms with van der Waals surface area (Å²) in [7, 11) is 4.56. The van der Waals surface area contributed by atoms with Crippen LogP contribution in [0.15, 0.2) is 42.5 Å². The number of carbonyl (C=O) groups excluding carboxylic acids is 2. The van der Waals surface area contributed by atoms with Crippen LogP contribution in [-0.4, -0.2) is 205 Å². The van der Waals surface area contributed by atoms with Gasteiger partial charge < -0.3 is 92.2 Å². The van der Waals surface area contributed by atoms with Crippen LogP contribution < -0.4 is 0 Å². The highest BCUT2D eigenvalue weighted by atomic mass is 16.8. The molecule has 21 heteroatoms. The fraction of sp³-hybridized carbons (Fsp3) is 0.828. The highest BCUT2D eigenvalue weighted by Crippen LogP contribution is 2.71. The van der Waals surface area contributed by atoms with E-state index in [1.807, 2.05) is 33.8 Å². The summed E-state index contributed by atoms with van der Waals surface area (Å²) in [5.41, 5.74) is -2.35. The van der Waals surface area contributed by atoms with Crippen LogP contribution >= 0.6 is 0 Å². The Hall–Kier alpha value is -2.78. The molecule has 1 aromatic carbocycles. The number of hydrogen-bond acceptors (Lipinski definition) is 21. The molecule has 3 saturated carbocycles. The van der Waals surface area contributed by atoms with Crippen molar-refractivity contribution >= 4 is 11.9 Å². The van der Waals surface area contributed by atoms with E-state index in [1.54, 1.807) is 45.4 Å². The number of hydrogen-bond donors (Lipinski definition) is 6. The zero-order valence-corrected chi connectivity index (χ0v) is 47.6. The Morgan fingerprint density at radius 3 is 1.94 bits per heavy atom. The molecule has 446 valence electrons. The molecule has 3 unspecified atom stereocenters. The van der Waals surface area contributed by atoms with Crippen molar-refractivity contribution in [2.75, 3.05) is 27.9 Å². The van der Waals surface area contributed by atoms with Crippen LogP contribution in [-0.2, 0) is 66.4 Å². The van der Waals surface area contributed by atoms with E-state index in [1.165, 1.54) is 14.0 Å². The molecule has 4 aliphatic carbocycles. The molecule has 28 atom stereocenters. The third-order valence-corrected chi connectivity index (χ3v) is 20.2. The Labute approximate surface area is 463 Å². The predicted molar refractivity (Wildman–Crippen MR) is 277 cm³/mol. The molecular weight excluding hydrogens is 1030 g/mol. The maximum Gasteiger partial charge on any atom is 0.338 e. The van der Waals surface area contributed by atoms with Crippen molar-refractivity contribution in [1.29, 1.82) is 0 Å². The summed E-state index contributed by atoms with van der Waals surface area (Å²) in [6.07, 6.45) is -10.2. The lowest BCUT2D eigenvalue weighted by Gasteiger charge is -2.66. The predicted octanol–water partition coefficient (Wildman–Crippen LogP) is 3.47. The molecule has 0 aromatic heterocycles. The number of benzene rings is 1. The van der Waals surface area contributed by atoms with Crippen molar-refractivity contribution in [2.24, 2.45) is 34.0 Å².